The highest BCUT2D eigenvalue weighted by atomic mass is 79.9. The van der Waals surface area contributed by atoms with E-state index in [2.05, 4.69) is 15.9 Å². The van der Waals surface area contributed by atoms with Crippen LogP contribution in [-0.4, -0.2) is 47.0 Å². The van der Waals surface area contributed by atoms with Crippen molar-refractivity contribution in [3.8, 4) is 11.5 Å². The Bertz CT molecular complexity index is 735. The number of carbonyl (C=O) groups is 2. The number of rotatable bonds is 6. The number of carboxylic acid groups (broad SMARTS) is 1. The minimum absolute atomic E-state index is 0.0600. The van der Waals surface area contributed by atoms with Gasteiger partial charge < -0.3 is 14.6 Å². The van der Waals surface area contributed by atoms with Gasteiger partial charge in [-0.25, -0.2) is 0 Å². The molecule has 1 amide bonds. The highest BCUT2D eigenvalue weighted by molar-refractivity contribution is 9.10. The largest absolute Gasteiger partial charge is 0.493 e. The Morgan fingerprint density at radius 2 is 2.00 bits per heavy atom. The molecule has 1 aliphatic heterocycles. The van der Waals surface area contributed by atoms with E-state index >= 15 is 0 Å². The lowest BCUT2D eigenvalue weighted by Gasteiger charge is -2.12. The molecule has 0 radical (unpaired) electrons. The van der Waals surface area contributed by atoms with Gasteiger partial charge in [-0.15, -0.1) is 0 Å². The summed E-state index contributed by atoms with van der Waals surface area (Å²) >= 11 is 9.74. The first-order chi connectivity index (χ1) is 11.4. The maximum Gasteiger partial charge on any atom is 0.305 e. The zero-order valence-corrected chi connectivity index (χ0v) is 16.1. The number of hydrogen-bond acceptors (Lipinski definition) is 6. The highest BCUT2D eigenvalue weighted by Crippen LogP contribution is 2.37. The van der Waals surface area contributed by atoms with E-state index in [-0.39, 0.29) is 18.9 Å². The molecule has 1 saturated heterocycles. The van der Waals surface area contributed by atoms with Crippen molar-refractivity contribution in [2.75, 3.05) is 20.8 Å². The standard InChI is InChI=1S/C15H14BrNO5S2/c1-21-10-5-8(9(16)7-11(10)22-2)6-12-14(20)17(15(23)24-12)4-3-13(18)19/h5-7H,3-4H2,1-2H3,(H,18,19)/b12-6+. The molecule has 0 unspecified atom stereocenters. The van der Waals surface area contributed by atoms with Crippen LogP contribution < -0.4 is 9.47 Å². The predicted molar refractivity (Wildman–Crippen MR) is 99.4 cm³/mol. The number of hydrogen-bond donors (Lipinski definition) is 1. The maximum absolute atomic E-state index is 12.4. The Hall–Kier alpha value is -1.58. The summed E-state index contributed by atoms with van der Waals surface area (Å²) in [6.45, 7) is 0.0600. The van der Waals surface area contributed by atoms with Gasteiger partial charge in [0.05, 0.1) is 25.5 Å². The molecule has 128 valence electrons. The molecule has 0 aromatic heterocycles. The van der Waals surface area contributed by atoms with Crippen LogP contribution in [0.1, 0.15) is 12.0 Å². The number of amides is 1. The van der Waals surface area contributed by atoms with Crippen molar-refractivity contribution in [1.82, 2.24) is 4.90 Å². The normalized spacial score (nSPS) is 16.0. The SMILES string of the molecule is COc1cc(Br)c(/C=C2/SC(=S)N(CCC(=O)O)C2=O)cc1OC. The second-order valence-corrected chi connectivity index (χ2v) is 7.24. The zero-order valence-electron chi connectivity index (χ0n) is 12.9. The average molecular weight is 432 g/mol. The van der Waals surface area contributed by atoms with Crippen LogP contribution in [0.2, 0.25) is 0 Å². The number of carboxylic acids is 1. The summed E-state index contributed by atoms with van der Waals surface area (Å²) in [7, 11) is 3.07. The molecule has 1 aromatic rings. The van der Waals surface area contributed by atoms with Gasteiger partial charge in [-0.1, -0.05) is 39.9 Å². The summed E-state index contributed by atoms with van der Waals surface area (Å²) in [5.74, 6) is -0.174. The molecular formula is C15H14BrNO5S2. The molecule has 1 aromatic carbocycles. The molecule has 1 heterocycles. The molecule has 0 atom stereocenters. The number of benzene rings is 1. The fraction of sp³-hybridized carbons (Fsp3) is 0.267. The van der Waals surface area contributed by atoms with Gasteiger partial charge >= 0.3 is 5.97 Å². The van der Waals surface area contributed by atoms with Gasteiger partial charge in [0.25, 0.3) is 5.91 Å². The van der Waals surface area contributed by atoms with Crippen molar-refractivity contribution in [2.24, 2.45) is 0 Å². The summed E-state index contributed by atoms with van der Waals surface area (Å²) in [6.07, 6.45) is 1.53. The molecule has 1 N–H and O–H groups in total. The van der Waals surface area contributed by atoms with Gasteiger partial charge in [0, 0.05) is 11.0 Å². The van der Waals surface area contributed by atoms with Crippen molar-refractivity contribution in [1.29, 1.82) is 0 Å². The molecule has 0 bridgehead atoms. The minimum Gasteiger partial charge on any atom is -0.493 e. The Morgan fingerprint density at radius 3 is 2.58 bits per heavy atom. The van der Waals surface area contributed by atoms with E-state index in [1.54, 1.807) is 18.2 Å². The molecular weight excluding hydrogens is 418 g/mol. The third-order valence-corrected chi connectivity index (χ3v) is 5.28. The van der Waals surface area contributed by atoms with Gasteiger partial charge in [-0.3, -0.25) is 14.5 Å². The van der Waals surface area contributed by atoms with Crippen molar-refractivity contribution >= 4 is 62.2 Å². The number of carbonyl (C=O) groups excluding carboxylic acids is 1. The second-order valence-electron chi connectivity index (χ2n) is 4.71. The summed E-state index contributed by atoms with van der Waals surface area (Å²) in [6, 6.07) is 3.49. The molecule has 0 saturated carbocycles. The van der Waals surface area contributed by atoms with E-state index < -0.39 is 5.97 Å². The smallest absolute Gasteiger partial charge is 0.305 e. The predicted octanol–water partition coefficient (Wildman–Crippen LogP) is 3.14. The number of methoxy groups -OCH3 is 2. The molecule has 1 aliphatic rings. The number of ether oxygens (including phenoxy) is 2. The third-order valence-electron chi connectivity index (χ3n) is 3.21. The van der Waals surface area contributed by atoms with Crippen LogP contribution in [0.4, 0.5) is 0 Å². The van der Waals surface area contributed by atoms with Gasteiger partial charge in [-0.2, -0.15) is 0 Å². The van der Waals surface area contributed by atoms with E-state index in [0.717, 1.165) is 21.8 Å². The molecule has 0 spiro atoms. The van der Waals surface area contributed by atoms with Crippen molar-refractivity contribution in [3.63, 3.8) is 0 Å². The van der Waals surface area contributed by atoms with Crippen LogP contribution in [0.25, 0.3) is 6.08 Å². The van der Waals surface area contributed by atoms with E-state index in [1.165, 1.54) is 19.1 Å². The van der Waals surface area contributed by atoms with Gasteiger partial charge in [0.2, 0.25) is 0 Å². The quantitative estimate of drug-likeness (QED) is 0.547. The average Bonchev–Trinajstić information content (AvgIpc) is 2.80. The first-order valence-electron chi connectivity index (χ1n) is 6.76. The number of halogens is 1. The summed E-state index contributed by atoms with van der Waals surface area (Å²) < 4.78 is 11.6. The Labute approximate surface area is 156 Å². The fourth-order valence-corrected chi connectivity index (χ4v) is 3.76. The van der Waals surface area contributed by atoms with Crippen LogP contribution in [-0.2, 0) is 9.59 Å². The number of nitrogens with zero attached hydrogens (tertiary/aromatic N) is 1. The lowest BCUT2D eigenvalue weighted by molar-refractivity contribution is -0.137. The van der Waals surface area contributed by atoms with Crippen LogP contribution >= 0.6 is 39.9 Å². The molecule has 1 fully saturated rings. The molecule has 0 aliphatic carbocycles. The number of aliphatic carboxylic acids is 1. The monoisotopic (exact) mass is 431 g/mol. The molecule has 2 rings (SSSR count). The first-order valence-corrected chi connectivity index (χ1v) is 8.77. The van der Waals surface area contributed by atoms with Crippen molar-refractivity contribution < 1.29 is 24.2 Å². The Morgan fingerprint density at radius 1 is 1.38 bits per heavy atom. The second kappa shape index (κ2) is 8.00. The highest BCUT2D eigenvalue weighted by Gasteiger charge is 2.32. The third kappa shape index (κ3) is 4.08. The Kier molecular flexibility index (Phi) is 6.25. The van der Waals surface area contributed by atoms with Crippen LogP contribution in [0.3, 0.4) is 0 Å². The van der Waals surface area contributed by atoms with Gasteiger partial charge in [0.15, 0.2) is 11.5 Å². The molecule has 6 nitrogen and oxygen atoms in total. The van der Waals surface area contributed by atoms with E-state index in [4.69, 9.17) is 26.8 Å². The lowest BCUT2D eigenvalue weighted by atomic mass is 10.2. The molecule has 24 heavy (non-hydrogen) atoms. The van der Waals surface area contributed by atoms with Crippen molar-refractivity contribution in [2.45, 2.75) is 6.42 Å². The Balaban J connectivity index is 2.30. The van der Waals surface area contributed by atoms with Crippen LogP contribution in [0.15, 0.2) is 21.5 Å². The van der Waals surface area contributed by atoms with Gasteiger partial charge in [-0.05, 0) is 23.8 Å². The van der Waals surface area contributed by atoms with Gasteiger partial charge in [0.1, 0.15) is 4.32 Å². The summed E-state index contributed by atoms with van der Waals surface area (Å²) in [4.78, 5) is 24.8. The van der Waals surface area contributed by atoms with E-state index in [1.807, 2.05) is 0 Å². The van der Waals surface area contributed by atoms with Crippen molar-refractivity contribution in [3.05, 3.63) is 27.1 Å². The first kappa shape index (κ1) is 18.8. The number of thiocarbonyl (C=S) groups is 1. The summed E-state index contributed by atoms with van der Waals surface area (Å²) in [5, 5.41) is 8.76. The topological polar surface area (TPSA) is 76.1 Å². The minimum atomic E-state index is -0.976. The van der Waals surface area contributed by atoms with E-state index in [9.17, 15) is 9.59 Å². The number of thioether (sulfide) groups is 1. The zero-order chi connectivity index (χ0) is 17.9. The molecule has 9 heteroatoms. The fourth-order valence-electron chi connectivity index (χ4n) is 2.02. The van der Waals surface area contributed by atoms with E-state index in [0.29, 0.717) is 20.7 Å². The van der Waals surface area contributed by atoms with Crippen LogP contribution in [0.5, 0.6) is 11.5 Å². The van der Waals surface area contributed by atoms with Crippen LogP contribution in [0, 0.1) is 0 Å². The maximum atomic E-state index is 12.4. The lowest BCUT2D eigenvalue weighted by Crippen LogP contribution is -2.30. The summed E-state index contributed by atoms with van der Waals surface area (Å²) in [5.41, 5.74) is 0.728.